The predicted molar refractivity (Wildman–Crippen MR) is 142 cm³/mol. The lowest BCUT2D eigenvalue weighted by Crippen LogP contribution is -2.51. The summed E-state index contributed by atoms with van der Waals surface area (Å²) in [5, 5.41) is 0.861. The highest BCUT2D eigenvalue weighted by Gasteiger charge is 2.34. The molecule has 6 heteroatoms. The Labute approximate surface area is 212 Å². The maximum atomic E-state index is 13.8. The van der Waals surface area contributed by atoms with Crippen LogP contribution in [0.2, 0.25) is 0 Å². The second-order valence-electron chi connectivity index (χ2n) is 10.2. The molecule has 2 fully saturated rings. The van der Waals surface area contributed by atoms with E-state index in [0.717, 1.165) is 18.4 Å². The smallest absolute Gasteiger partial charge is 0.344 e. The zero-order valence-electron chi connectivity index (χ0n) is 21.2. The van der Waals surface area contributed by atoms with Crippen molar-refractivity contribution in [1.82, 2.24) is 9.80 Å². The fourth-order valence-corrected chi connectivity index (χ4v) is 6.01. The number of benzene rings is 2. The SMILES string of the molecule is COCCCN(CC1CCCN2CCCCC12)C(=O)c1cccc(-c2cc3ccccc3oc2=O)c1. The lowest BCUT2D eigenvalue weighted by molar-refractivity contribution is 0.0347. The molecule has 1 amide bonds. The van der Waals surface area contributed by atoms with E-state index in [1.807, 2.05) is 53.4 Å². The summed E-state index contributed by atoms with van der Waals surface area (Å²) < 4.78 is 10.8. The van der Waals surface area contributed by atoms with Crippen molar-refractivity contribution < 1.29 is 13.9 Å². The van der Waals surface area contributed by atoms with Crippen LogP contribution in [0, 0.1) is 5.92 Å². The third kappa shape index (κ3) is 5.40. The molecule has 2 saturated heterocycles. The maximum absolute atomic E-state index is 13.8. The summed E-state index contributed by atoms with van der Waals surface area (Å²) in [6.45, 7) is 4.44. The zero-order chi connectivity index (χ0) is 24.9. The molecule has 2 atom stereocenters. The molecule has 1 aromatic heterocycles. The van der Waals surface area contributed by atoms with Crippen LogP contribution in [0.4, 0.5) is 0 Å². The van der Waals surface area contributed by atoms with Gasteiger partial charge in [0.05, 0.1) is 5.56 Å². The molecule has 2 aliphatic rings. The van der Waals surface area contributed by atoms with E-state index < -0.39 is 5.63 Å². The van der Waals surface area contributed by atoms with Crippen molar-refractivity contribution in [3.05, 3.63) is 70.6 Å². The molecule has 0 N–H and O–H groups in total. The third-order valence-corrected chi connectivity index (χ3v) is 7.81. The summed E-state index contributed by atoms with van der Waals surface area (Å²) >= 11 is 0. The molecule has 36 heavy (non-hydrogen) atoms. The van der Waals surface area contributed by atoms with Gasteiger partial charge >= 0.3 is 5.63 Å². The number of amides is 1. The van der Waals surface area contributed by atoms with Crippen LogP contribution in [0.15, 0.2) is 63.8 Å². The van der Waals surface area contributed by atoms with Gasteiger partial charge in [-0.05, 0) is 80.9 Å². The molecule has 2 aliphatic heterocycles. The first-order valence-electron chi connectivity index (χ1n) is 13.3. The Balaban J connectivity index is 1.40. The van der Waals surface area contributed by atoms with Gasteiger partial charge < -0.3 is 19.0 Å². The van der Waals surface area contributed by atoms with Gasteiger partial charge in [-0.3, -0.25) is 4.79 Å². The van der Waals surface area contributed by atoms with Gasteiger partial charge in [0.25, 0.3) is 5.91 Å². The van der Waals surface area contributed by atoms with E-state index in [0.29, 0.717) is 47.4 Å². The van der Waals surface area contributed by atoms with Crippen LogP contribution in [0.1, 0.15) is 48.9 Å². The Bertz CT molecular complexity index is 1250. The molecule has 190 valence electrons. The number of methoxy groups -OCH3 is 1. The highest BCUT2D eigenvalue weighted by molar-refractivity contribution is 5.95. The van der Waals surface area contributed by atoms with Crippen LogP contribution in [0.25, 0.3) is 22.1 Å². The zero-order valence-corrected chi connectivity index (χ0v) is 21.2. The summed E-state index contributed by atoms with van der Waals surface area (Å²) in [6.07, 6.45) is 6.98. The number of ether oxygens (including phenoxy) is 1. The quantitative estimate of drug-likeness (QED) is 0.322. The highest BCUT2D eigenvalue weighted by atomic mass is 16.5. The highest BCUT2D eigenvalue weighted by Crippen LogP contribution is 2.32. The van der Waals surface area contributed by atoms with Crippen LogP contribution in [-0.2, 0) is 4.74 Å². The molecule has 6 nitrogen and oxygen atoms in total. The molecule has 0 saturated carbocycles. The lowest BCUT2D eigenvalue weighted by Gasteiger charge is -2.45. The summed E-state index contributed by atoms with van der Waals surface area (Å²) in [5.41, 5.74) is 1.95. The minimum Gasteiger partial charge on any atom is -0.422 e. The van der Waals surface area contributed by atoms with Crippen LogP contribution in [0.5, 0.6) is 0 Å². The topological polar surface area (TPSA) is 63.0 Å². The first kappa shape index (κ1) is 24.7. The Morgan fingerprint density at radius 3 is 2.81 bits per heavy atom. The Hall–Kier alpha value is -2.96. The largest absolute Gasteiger partial charge is 0.422 e. The standard InChI is InChI=1S/C30H36N2O4/c1-35-18-8-17-32(21-25-12-7-16-31-15-5-4-13-27(25)31)29(33)24-11-6-10-22(19-24)26-20-23-9-2-3-14-28(23)36-30(26)34/h2-3,6,9-11,14,19-20,25,27H,4-5,7-8,12-13,15-18,21H2,1H3. The van der Waals surface area contributed by atoms with E-state index in [-0.39, 0.29) is 5.91 Å². The number of hydrogen-bond acceptors (Lipinski definition) is 5. The van der Waals surface area contributed by atoms with Gasteiger partial charge in [-0.2, -0.15) is 0 Å². The molecule has 0 spiro atoms. The van der Waals surface area contributed by atoms with E-state index in [4.69, 9.17) is 9.15 Å². The number of hydrogen-bond donors (Lipinski definition) is 0. The van der Waals surface area contributed by atoms with E-state index in [2.05, 4.69) is 4.90 Å². The third-order valence-electron chi connectivity index (χ3n) is 7.81. The minimum absolute atomic E-state index is 0.0195. The van der Waals surface area contributed by atoms with Gasteiger partial charge in [-0.1, -0.05) is 36.8 Å². The molecule has 3 heterocycles. The van der Waals surface area contributed by atoms with Crippen LogP contribution in [0.3, 0.4) is 0 Å². The summed E-state index contributed by atoms with van der Waals surface area (Å²) in [6, 6.07) is 17.3. The van der Waals surface area contributed by atoms with Gasteiger partial charge in [0.1, 0.15) is 5.58 Å². The molecule has 0 radical (unpaired) electrons. The number of carbonyl (C=O) groups excluding carboxylic acids is 1. The first-order chi connectivity index (χ1) is 17.6. The van der Waals surface area contributed by atoms with Crippen LogP contribution in [-0.4, -0.2) is 61.6 Å². The molecule has 3 aromatic rings. The van der Waals surface area contributed by atoms with Gasteiger partial charge in [-0.25, -0.2) is 4.79 Å². The van der Waals surface area contributed by atoms with Crippen molar-refractivity contribution in [2.45, 2.75) is 44.6 Å². The van der Waals surface area contributed by atoms with Crippen LogP contribution < -0.4 is 5.63 Å². The molecule has 2 unspecified atom stereocenters. The summed E-state index contributed by atoms with van der Waals surface area (Å²) in [5.74, 6) is 0.521. The number of rotatable bonds is 8. The fourth-order valence-electron chi connectivity index (χ4n) is 6.01. The Morgan fingerprint density at radius 2 is 1.92 bits per heavy atom. The van der Waals surface area contributed by atoms with Gasteiger partial charge in [0.15, 0.2) is 0 Å². The number of para-hydroxylation sites is 1. The van der Waals surface area contributed by atoms with E-state index in [1.165, 1.54) is 45.2 Å². The normalized spacial score (nSPS) is 20.2. The average molecular weight is 489 g/mol. The number of fused-ring (bicyclic) bond motifs is 2. The number of piperidine rings is 2. The number of nitrogens with zero attached hydrogens (tertiary/aromatic N) is 2. The molecular weight excluding hydrogens is 452 g/mol. The summed E-state index contributed by atoms with van der Waals surface area (Å²) in [4.78, 5) is 31.2. The van der Waals surface area contributed by atoms with Gasteiger partial charge in [0, 0.05) is 43.8 Å². The van der Waals surface area contributed by atoms with Crippen LogP contribution >= 0.6 is 0 Å². The minimum atomic E-state index is -0.394. The van der Waals surface area contributed by atoms with Crippen molar-refractivity contribution in [3.63, 3.8) is 0 Å². The van der Waals surface area contributed by atoms with Crippen molar-refractivity contribution in [3.8, 4) is 11.1 Å². The van der Waals surface area contributed by atoms with E-state index in [1.54, 1.807) is 13.2 Å². The molecular formula is C30H36N2O4. The van der Waals surface area contributed by atoms with E-state index in [9.17, 15) is 9.59 Å². The predicted octanol–water partition coefficient (Wildman–Crippen LogP) is 5.20. The molecule has 2 aromatic carbocycles. The first-order valence-corrected chi connectivity index (χ1v) is 13.3. The second-order valence-corrected chi connectivity index (χ2v) is 10.2. The van der Waals surface area contributed by atoms with Gasteiger partial charge in [-0.15, -0.1) is 0 Å². The fraction of sp³-hybridized carbons (Fsp3) is 0.467. The second kappa shape index (κ2) is 11.4. The lowest BCUT2D eigenvalue weighted by atomic mass is 9.83. The Morgan fingerprint density at radius 1 is 1.06 bits per heavy atom. The monoisotopic (exact) mass is 488 g/mol. The molecule has 5 rings (SSSR count). The molecule has 0 aliphatic carbocycles. The number of carbonyl (C=O) groups is 1. The average Bonchev–Trinajstić information content (AvgIpc) is 2.92. The van der Waals surface area contributed by atoms with Crippen molar-refractivity contribution >= 4 is 16.9 Å². The van der Waals surface area contributed by atoms with E-state index >= 15 is 0 Å². The molecule has 0 bridgehead atoms. The Kier molecular flexibility index (Phi) is 7.83. The van der Waals surface area contributed by atoms with Gasteiger partial charge in [0.2, 0.25) is 0 Å². The summed E-state index contributed by atoms with van der Waals surface area (Å²) in [7, 11) is 1.70. The van der Waals surface area contributed by atoms with Crippen molar-refractivity contribution in [1.29, 1.82) is 0 Å². The van der Waals surface area contributed by atoms with Crippen molar-refractivity contribution in [2.24, 2.45) is 5.92 Å². The van der Waals surface area contributed by atoms with Crippen molar-refractivity contribution in [2.75, 3.05) is 39.9 Å². The maximum Gasteiger partial charge on any atom is 0.344 e.